The minimum absolute atomic E-state index is 0.633. The molecule has 0 aliphatic heterocycles. The number of rotatable bonds is 14. The first kappa shape index (κ1) is 23.1. The molecule has 0 radical (unpaired) electrons. The van der Waals surface area contributed by atoms with Crippen LogP contribution in [0.1, 0.15) is 71.3 Å². The number of ether oxygens (including phenoxy) is 2. The van der Waals surface area contributed by atoms with E-state index in [-0.39, 0.29) is 0 Å². The SMILES string of the molecule is CCCCC(CC)COc1c(CC)cc(OCCCCCBr)c2ccccc12. The van der Waals surface area contributed by atoms with Gasteiger partial charge in [0, 0.05) is 16.1 Å². The molecule has 0 amide bonds. The largest absolute Gasteiger partial charge is 0.493 e. The summed E-state index contributed by atoms with van der Waals surface area (Å²) in [5.41, 5.74) is 1.25. The Labute approximate surface area is 180 Å². The minimum atomic E-state index is 0.633. The molecule has 2 nitrogen and oxygen atoms in total. The second kappa shape index (κ2) is 13.1. The molecular formula is C25H37BrO2. The van der Waals surface area contributed by atoms with Gasteiger partial charge in [0.15, 0.2) is 0 Å². The number of unbranched alkanes of at least 4 members (excludes halogenated alkanes) is 3. The third kappa shape index (κ3) is 6.69. The molecule has 0 bridgehead atoms. The quantitative estimate of drug-likeness (QED) is 0.215. The van der Waals surface area contributed by atoms with Crippen molar-refractivity contribution in [3.05, 3.63) is 35.9 Å². The van der Waals surface area contributed by atoms with Gasteiger partial charge >= 0.3 is 0 Å². The zero-order valence-corrected chi connectivity index (χ0v) is 19.5. The number of halogens is 1. The van der Waals surface area contributed by atoms with Crippen LogP contribution in [0.15, 0.2) is 30.3 Å². The van der Waals surface area contributed by atoms with Gasteiger partial charge in [-0.25, -0.2) is 0 Å². The van der Waals surface area contributed by atoms with Crippen LogP contribution < -0.4 is 9.47 Å². The Morgan fingerprint density at radius 1 is 0.929 bits per heavy atom. The predicted octanol–water partition coefficient (Wildman–Crippen LogP) is 7.94. The van der Waals surface area contributed by atoms with E-state index in [9.17, 15) is 0 Å². The third-order valence-corrected chi connectivity index (χ3v) is 6.02. The summed E-state index contributed by atoms with van der Waals surface area (Å²) in [6, 6.07) is 10.7. The lowest BCUT2D eigenvalue weighted by molar-refractivity contribution is 0.233. The molecule has 3 heteroatoms. The van der Waals surface area contributed by atoms with E-state index in [0.717, 1.165) is 48.3 Å². The Hall–Kier alpha value is -1.22. The molecule has 2 aromatic carbocycles. The Balaban J connectivity index is 2.20. The molecule has 0 saturated carbocycles. The fraction of sp³-hybridized carbons (Fsp3) is 0.600. The maximum atomic E-state index is 6.44. The Kier molecular flexibility index (Phi) is 10.8. The van der Waals surface area contributed by atoms with Crippen LogP contribution in [0, 0.1) is 5.92 Å². The van der Waals surface area contributed by atoms with Crippen molar-refractivity contribution in [3.8, 4) is 11.5 Å². The van der Waals surface area contributed by atoms with Gasteiger partial charge in [0.05, 0.1) is 13.2 Å². The highest BCUT2D eigenvalue weighted by Crippen LogP contribution is 2.37. The Morgan fingerprint density at radius 2 is 1.71 bits per heavy atom. The summed E-state index contributed by atoms with van der Waals surface area (Å²) in [4.78, 5) is 0. The van der Waals surface area contributed by atoms with Gasteiger partial charge in [-0.05, 0) is 49.7 Å². The van der Waals surface area contributed by atoms with E-state index < -0.39 is 0 Å². The van der Waals surface area contributed by atoms with Crippen molar-refractivity contribution in [2.45, 2.75) is 72.1 Å². The first-order valence-corrected chi connectivity index (χ1v) is 12.2. The van der Waals surface area contributed by atoms with Gasteiger partial charge in [0.25, 0.3) is 0 Å². The van der Waals surface area contributed by atoms with Gasteiger partial charge in [0.2, 0.25) is 0 Å². The predicted molar refractivity (Wildman–Crippen MR) is 125 cm³/mol. The van der Waals surface area contributed by atoms with Crippen LogP contribution in [0.4, 0.5) is 0 Å². The molecule has 0 saturated heterocycles. The first-order valence-electron chi connectivity index (χ1n) is 11.1. The molecule has 0 aromatic heterocycles. The fourth-order valence-electron chi connectivity index (χ4n) is 3.58. The summed E-state index contributed by atoms with van der Waals surface area (Å²) < 4.78 is 12.6. The number of aryl methyl sites for hydroxylation is 1. The number of fused-ring (bicyclic) bond motifs is 1. The van der Waals surface area contributed by atoms with Gasteiger partial charge in [-0.3, -0.25) is 0 Å². The number of hydrogen-bond donors (Lipinski definition) is 0. The molecule has 28 heavy (non-hydrogen) atoms. The smallest absolute Gasteiger partial charge is 0.130 e. The highest BCUT2D eigenvalue weighted by atomic mass is 79.9. The van der Waals surface area contributed by atoms with Crippen LogP contribution in [0.5, 0.6) is 11.5 Å². The molecule has 2 rings (SSSR count). The van der Waals surface area contributed by atoms with E-state index in [0.29, 0.717) is 5.92 Å². The summed E-state index contributed by atoms with van der Waals surface area (Å²) in [7, 11) is 0. The van der Waals surface area contributed by atoms with Crippen LogP contribution in [0.2, 0.25) is 0 Å². The van der Waals surface area contributed by atoms with Crippen molar-refractivity contribution < 1.29 is 9.47 Å². The zero-order chi connectivity index (χ0) is 20.2. The average Bonchev–Trinajstić information content (AvgIpc) is 2.74. The monoisotopic (exact) mass is 448 g/mol. The van der Waals surface area contributed by atoms with E-state index in [1.807, 2.05) is 0 Å². The molecule has 0 fully saturated rings. The standard InChI is InChI=1S/C25H37BrO2/c1-4-7-13-20(5-2)19-28-25-21(6-3)18-24(27-17-12-8-11-16-26)22-14-9-10-15-23(22)25/h9-10,14-15,18,20H,4-8,11-13,16-17,19H2,1-3H3. The van der Waals surface area contributed by atoms with Crippen molar-refractivity contribution in [2.75, 3.05) is 18.5 Å². The molecule has 1 unspecified atom stereocenters. The van der Waals surface area contributed by atoms with Crippen molar-refractivity contribution >= 4 is 26.7 Å². The molecule has 0 N–H and O–H groups in total. The van der Waals surface area contributed by atoms with Gasteiger partial charge in [0.1, 0.15) is 11.5 Å². The normalized spacial score (nSPS) is 12.3. The van der Waals surface area contributed by atoms with Crippen LogP contribution in [0.3, 0.4) is 0 Å². The molecule has 0 spiro atoms. The molecule has 156 valence electrons. The van der Waals surface area contributed by atoms with Gasteiger partial charge in [-0.2, -0.15) is 0 Å². The molecule has 0 aliphatic rings. The van der Waals surface area contributed by atoms with E-state index in [1.54, 1.807) is 0 Å². The Bertz CT molecular complexity index is 698. The summed E-state index contributed by atoms with van der Waals surface area (Å²) in [5.74, 6) is 2.69. The van der Waals surface area contributed by atoms with E-state index >= 15 is 0 Å². The number of benzene rings is 2. The average molecular weight is 449 g/mol. The topological polar surface area (TPSA) is 18.5 Å². The van der Waals surface area contributed by atoms with Crippen molar-refractivity contribution in [2.24, 2.45) is 5.92 Å². The second-order valence-electron chi connectivity index (χ2n) is 7.59. The van der Waals surface area contributed by atoms with Gasteiger partial charge in [-0.15, -0.1) is 0 Å². The van der Waals surface area contributed by atoms with Crippen molar-refractivity contribution in [1.29, 1.82) is 0 Å². The third-order valence-electron chi connectivity index (χ3n) is 5.46. The lowest BCUT2D eigenvalue weighted by Gasteiger charge is -2.20. The number of alkyl halides is 1. The van der Waals surface area contributed by atoms with Crippen LogP contribution in [0.25, 0.3) is 10.8 Å². The maximum Gasteiger partial charge on any atom is 0.130 e. The Morgan fingerprint density at radius 3 is 2.39 bits per heavy atom. The molecule has 2 aromatic rings. The summed E-state index contributed by atoms with van der Waals surface area (Å²) in [6.45, 7) is 8.31. The molecule has 0 heterocycles. The van der Waals surface area contributed by atoms with Crippen molar-refractivity contribution in [3.63, 3.8) is 0 Å². The lowest BCUT2D eigenvalue weighted by Crippen LogP contribution is -2.12. The van der Waals surface area contributed by atoms with E-state index in [1.165, 1.54) is 49.5 Å². The summed E-state index contributed by atoms with van der Waals surface area (Å²) in [6.07, 6.45) is 9.40. The summed E-state index contributed by atoms with van der Waals surface area (Å²) in [5, 5.41) is 3.42. The van der Waals surface area contributed by atoms with E-state index in [2.05, 4.69) is 67.0 Å². The fourth-order valence-corrected chi connectivity index (χ4v) is 3.97. The maximum absolute atomic E-state index is 6.44. The molecular weight excluding hydrogens is 412 g/mol. The summed E-state index contributed by atoms with van der Waals surface area (Å²) >= 11 is 3.49. The molecule has 0 aliphatic carbocycles. The highest BCUT2D eigenvalue weighted by Gasteiger charge is 2.15. The zero-order valence-electron chi connectivity index (χ0n) is 17.9. The van der Waals surface area contributed by atoms with Gasteiger partial charge in [-0.1, -0.05) is 80.2 Å². The first-order chi connectivity index (χ1) is 13.7. The minimum Gasteiger partial charge on any atom is -0.493 e. The van der Waals surface area contributed by atoms with E-state index in [4.69, 9.17) is 9.47 Å². The van der Waals surface area contributed by atoms with Crippen LogP contribution in [-0.4, -0.2) is 18.5 Å². The van der Waals surface area contributed by atoms with Gasteiger partial charge < -0.3 is 9.47 Å². The molecule has 1 atom stereocenters. The second-order valence-corrected chi connectivity index (χ2v) is 8.38. The van der Waals surface area contributed by atoms with Crippen LogP contribution in [-0.2, 0) is 6.42 Å². The lowest BCUT2D eigenvalue weighted by atomic mass is 9.99. The van der Waals surface area contributed by atoms with Crippen molar-refractivity contribution in [1.82, 2.24) is 0 Å². The highest BCUT2D eigenvalue weighted by molar-refractivity contribution is 9.09. The number of hydrogen-bond acceptors (Lipinski definition) is 2. The van der Waals surface area contributed by atoms with Crippen LogP contribution >= 0.6 is 15.9 Å².